The average molecular weight is 442 g/mol. The number of halogens is 3. The molecular weight excluding hydrogens is 421 g/mol. The van der Waals surface area contributed by atoms with Crippen molar-refractivity contribution in [1.29, 1.82) is 0 Å². The number of nitrogens with one attached hydrogen (secondary N) is 1. The molecule has 166 valence electrons. The van der Waals surface area contributed by atoms with Crippen LogP contribution in [0.1, 0.15) is 22.3 Å². The summed E-state index contributed by atoms with van der Waals surface area (Å²) in [5.74, 6) is -0.590. The summed E-state index contributed by atoms with van der Waals surface area (Å²) in [5, 5.41) is 13.5. The molecule has 3 aromatic carbocycles. The lowest BCUT2D eigenvalue weighted by Gasteiger charge is -2.34. The number of hydrogen-bond donors (Lipinski definition) is 2. The molecule has 0 radical (unpaired) electrons. The number of aliphatic hydroxyl groups is 1. The second-order valence-electron chi connectivity index (χ2n) is 7.67. The van der Waals surface area contributed by atoms with Crippen molar-refractivity contribution < 1.29 is 27.9 Å². The zero-order chi connectivity index (χ0) is 22.9. The van der Waals surface area contributed by atoms with Gasteiger partial charge in [0.1, 0.15) is 6.04 Å². The smallest absolute Gasteiger partial charge is 0.396 e. The minimum Gasteiger partial charge on any atom is -0.396 e. The summed E-state index contributed by atoms with van der Waals surface area (Å²) in [6, 6.07) is 14.8. The van der Waals surface area contributed by atoms with Crippen LogP contribution in [0, 0.1) is 0 Å². The van der Waals surface area contributed by atoms with Gasteiger partial charge in [0.15, 0.2) is 0 Å². The molecule has 1 atom stereocenters. The van der Waals surface area contributed by atoms with E-state index in [1.165, 1.54) is 11.0 Å². The number of fused-ring (bicyclic) bond motifs is 1. The van der Waals surface area contributed by atoms with Crippen LogP contribution in [-0.4, -0.2) is 47.6 Å². The molecule has 0 aliphatic carbocycles. The zero-order valence-electron chi connectivity index (χ0n) is 17.0. The molecule has 32 heavy (non-hydrogen) atoms. The molecule has 1 aliphatic heterocycles. The molecule has 0 bridgehead atoms. The van der Waals surface area contributed by atoms with Crippen molar-refractivity contribution in [1.82, 2.24) is 10.2 Å². The van der Waals surface area contributed by atoms with Gasteiger partial charge in [-0.3, -0.25) is 9.59 Å². The summed E-state index contributed by atoms with van der Waals surface area (Å²) in [6.45, 7) is 0.486. The zero-order valence-corrected chi connectivity index (χ0v) is 17.0. The highest BCUT2D eigenvalue weighted by atomic mass is 19.4. The topological polar surface area (TPSA) is 69.6 Å². The molecule has 1 aliphatic rings. The van der Waals surface area contributed by atoms with Gasteiger partial charge in [-0.2, -0.15) is 13.2 Å². The summed E-state index contributed by atoms with van der Waals surface area (Å²) in [5.41, 5.74) is 0.785. The standard InChI is InChI=1S/C24H21F3N2O3/c25-24(26,27)20-3-1-2-15(14-20)16-4-5-18-13-19(7-6-17(18)12-16)23(32)29-10-9-28-22(31)21(29)8-11-30/h1-7,12-14,21,30H,8-11H2,(H,28,31). The van der Waals surface area contributed by atoms with Crippen molar-refractivity contribution in [3.8, 4) is 11.1 Å². The second-order valence-corrected chi connectivity index (χ2v) is 7.67. The van der Waals surface area contributed by atoms with Crippen molar-refractivity contribution in [3.05, 3.63) is 71.8 Å². The largest absolute Gasteiger partial charge is 0.416 e. The van der Waals surface area contributed by atoms with Crippen molar-refractivity contribution >= 4 is 22.6 Å². The molecule has 1 saturated heterocycles. The van der Waals surface area contributed by atoms with Crippen LogP contribution in [0.2, 0.25) is 0 Å². The number of carbonyl (C=O) groups excluding carboxylic acids is 2. The van der Waals surface area contributed by atoms with Crippen LogP contribution in [0.15, 0.2) is 60.7 Å². The molecule has 5 nitrogen and oxygen atoms in total. The molecule has 4 rings (SSSR count). The Morgan fingerprint density at radius 2 is 1.75 bits per heavy atom. The first-order valence-electron chi connectivity index (χ1n) is 10.2. The molecule has 0 aromatic heterocycles. The van der Waals surface area contributed by atoms with Gasteiger partial charge in [-0.15, -0.1) is 0 Å². The highest BCUT2D eigenvalue weighted by molar-refractivity contribution is 6.01. The third-order valence-corrected chi connectivity index (χ3v) is 5.60. The molecule has 2 N–H and O–H groups in total. The number of rotatable bonds is 4. The minimum atomic E-state index is -4.42. The van der Waals surface area contributed by atoms with Crippen LogP contribution >= 0.6 is 0 Å². The number of alkyl halides is 3. The summed E-state index contributed by atoms with van der Waals surface area (Å²) in [7, 11) is 0. The summed E-state index contributed by atoms with van der Waals surface area (Å²) >= 11 is 0. The van der Waals surface area contributed by atoms with Gasteiger partial charge in [-0.25, -0.2) is 0 Å². The number of piperazine rings is 1. The third kappa shape index (κ3) is 4.31. The van der Waals surface area contributed by atoms with E-state index in [4.69, 9.17) is 0 Å². The van der Waals surface area contributed by atoms with Crippen LogP contribution in [0.5, 0.6) is 0 Å². The fourth-order valence-corrected chi connectivity index (χ4v) is 3.97. The Morgan fingerprint density at radius 3 is 2.50 bits per heavy atom. The van der Waals surface area contributed by atoms with Crippen molar-refractivity contribution in [2.45, 2.75) is 18.6 Å². The van der Waals surface area contributed by atoms with Gasteiger partial charge in [-0.05, 0) is 58.7 Å². The van der Waals surface area contributed by atoms with E-state index >= 15 is 0 Å². The third-order valence-electron chi connectivity index (χ3n) is 5.60. The quantitative estimate of drug-likeness (QED) is 0.645. The van der Waals surface area contributed by atoms with Crippen LogP contribution in [0.25, 0.3) is 21.9 Å². The predicted molar refractivity (Wildman–Crippen MR) is 114 cm³/mol. The second kappa shape index (κ2) is 8.63. The van der Waals surface area contributed by atoms with Gasteiger partial charge >= 0.3 is 6.18 Å². The maximum Gasteiger partial charge on any atom is 0.416 e. The van der Waals surface area contributed by atoms with Crippen LogP contribution in [0.3, 0.4) is 0 Å². The molecule has 0 spiro atoms. The Morgan fingerprint density at radius 1 is 1.03 bits per heavy atom. The van der Waals surface area contributed by atoms with Gasteiger partial charge in [0.2, 0.25) is 5.91 Å². The van der Waals surface area contributed by atoms with E-state index in [1.807, 2.05) is 0 Å². The van der Waals surface area contributed by atoms with E-state index in [0.29, 0.717) is 29.8 Å². The molecular formula is C24H21F3N2O3. The Hall–Kier alpha value is -3.39. The summed E-state index contributed by atoms with van der Waals surface area (Å²) < 4.78 is 39.1. The molecule has 2 amide bonds. The number of amides is 2. The lowest BCUT2D eigenvalue weighted by atomic mass is 9.98. The first-order chi connectivity index (χ1) is 15.3. The number of carbonyl (C=O) groups is 2. The molecule has 3 aromatic rings. The highest BCUT2D eigenvalue weighted by Gasteiger charge is 2.33. The molecule has 1 heterocycles. The van der Waals surface area contributed by atoms with E-state index in [9.17, 15) is 27.9 Å². The van der Waals surface area contributed by atoms with E-state index in [1.54, 1.807) is 42.5 Å². The Kier molecular flexibility index (Phi) is 5.88. The van der Waals surface area contributed by atoms with E-state index in [-0.39, 0.29) is 24.8 Å². The lowest BCUT2D eigenvalue weighted by molar-refractivity contribution is -0.137. The Balaban J connectivity index is 1.63. The van der Waals surface area contributed by atoms with Crippen LogP contribution in [0.4, 0.5) is 13.2 Å². The van der Waals surface area contributed by atoms with Gasteiger partial charge < -0.3 is 15.3 Å². The fourth-order valence-electron chi connectivity index (χ4n) is 3.97. The minimum absolute atomic E-state index is 0.158. The van der Waals surface area contributed by atoms with Crippen molar-refractivity contribution in [2.24, 2.45) is 0 Å². The average Bonchev–Trinajstić information content (AvgIpc) is 2.79. The number of hydrogen-bond acceptors (Lipinski definition) is 3. The van der Waals surface area contributed by atoms with Crippen molar-refractivity contribution in [2.75, 3.05) is 19.7 Å². The van der Waals surface area contributed by atoms with Crippen molar-refractivity contribution in [3.63, 3.8) is 0 Å². The monoisotopic (exact) mass is 442 g/mol. The molecule has 1 fully saturated rings. The van der Waals surface area contributed by atoms with Gasteiger partial charge in [0.25, 0.3) is 5.91 Å². The summed E-state index contributed by atoms with van der Waals surface area (Å²) in [4.78, 5) is 26.6. The van der Waals surface area contributed by atoms with Crippen LogP contribution in [-0.2, 0) is 11.0 Å². The van der Waals surface area contributed by atoms with Gasteiger partial charge in [0, 0.05) is 25.3 Å². The normalized spacial score (nSPS) is 16.8. The SMILES string of the molecule is O=C1NCCN(C(=O)c2ccc3cc(-c4cccc(C(F)(F)F)c4)ccc3c2)C1CCO. The highest BCUT2D eigenvalue weighted by Crippen LogP contribution is 2.33. The Bertz CT molecular complexity index is 1180. The molecule has 0 saturated carbocycles. The number of nitrogens with zero attached hydrogens (tertiary/aromatic N) is 1. The predicted octanol–water partition coefficient (Wildman–Crippen LogP) is 3.85. The van der Waals surface area contributed by atoms with E-state index in [2.05, 4.69) is 5.32 Å². The summed E-state index contributed by atoms with van der Waals surface area (Å²) in [6.07, 6.45) is -4.26. The van der Waals surface area contributed by atoms with E-state index in [0.717, 1.165) is 22.9 Å². The van der Waals surface area contributed by atoms with Crippen LogP contribution < -0.4 is 5.32 Å². The number of benzene rings is 3. The van der Waals surface area contributed by atoms with E-state index < -0.39 is 17.8 Å². The van der Waals surface area contributed by atoms with Gasteiger partial charge in [0.05, 0.1) is 5.56 Å². The molecule has 1 unspecified atom stereocenters. The first kappa shape index (κ1) is 21.8. The lowest BCUT2D eigenvalue weighted by Crippen LogP contribution is -2.57. The number of aliphatic hydroxyl groups excluding tert-OH is 1. The maximum atomic E-state index is 13.1. The fraction of sp³-hybridized carbons (Fsp3) is 0.250. The molecule has 8 heteroatoms. The Labute approximate surface area is 182 Å². The maximum absolute atomic E-state index is 13.1. The first-order valence-corrected chi connectivity index (χ1v) is 10.2. The van der Waals surface area contributed by atoms with Gasteiger partial charge in [-0.1, -0.05) is 30.3 Å².